The summed E-state index contributed by atoms with van der Waals surface area (Å²) in [5, 5.41) is 3.03. The van der Waals surface area contributed by atoms with Gasteiger partial charge in [-0.1, -0.05) is 19.3 Å². The van der Waals surface area contributed by atoms with Gasteiger partial charge in [-0.25, -0.2) is 4.79 Å². The molecule has 26 heavy (non-hydrogen) atoms. The van der Waals surface area contributed by atoms with Crippen LogP contribution in [0, 0.1) is 17.8 Å². The standard InChI is InChI=1S/C20H29N3O3/c24-18(21-11-15-9-13-4-3-5-14(8-13)10-15)12-26-19-16-6-1-2-7-17(16)22-20(25)23-19/h13-15H,1-12H2,(H,21,24)(H,22,23,25). The number of aryl methyl sites for hydroxylation is 1. The molecule has 1 aromatic heterocycles. The van der Waals surface area contributed by atoms with Crippen molar-refractivity contribution in [2.75, 3.05) is 13.2 Å². The van der Waals surface area contributed by atoms with Gasteiger partial charge >= 0.3 is 5.69 Å². The third-order valence-corrected chi connectivity index (χ3v) is 6.34. The van der Waals surface area contributed by atoms with Crippen molar-refractivity contribution in [3.63, 3.8) is 0 Å². The van der Waals surface area contributed by atoms with Gasteiger partial charge in [0.05, 0.1) is 0 Å². The van der Waals surface area contributed by atoms with Crippen LogP contribution in [0.15, 0.2) is 4.79 Å². The minimum atomic E-state index is -0.394. The molecule has 2 bridgehead atoms. The number of hydrogen-bond acceptors (Lipinski definition) is 4. The lowest BCUT2D eigenvalue weighted by Crippen LogP contribution is -2.37. The Bertz CT molecular complexity index is 703. The lowest BCUT2D eigenvalue weighted by molar-refractivity contribution is -0.123. The van der Waals surface area contributed by atoms with Crippen LogP contribution in [0.2, 0.25) is 0 Å². The molecule has 1 aromatic rings. The summed E-state index contributed by atoms with van der Waals surface area (Å²) >= 11 is 0. The van der Waals surface area contributed by atoms with E-state index in [2.05, 4.69) is 15.3 Å². The maximum Gasteiger partial charge on any atom is 0.348 e. The largest absolute Gasteiger partial charge is 0.467 e. The van der Waals surface area contributed by atoms with Crippen molar-refractivity contribution in [2.24, 2.45) is 17.8 Å². The highest BCUT2D eigenvalue weighted by Gasteiger charge is 2.31. The number of carbonyl (C=O) groups excluding carboxylic acids is 1. The van der Waals surface area contributed by atoms with Gasteiger partial charge in [0.2, 0.25) is 5.88 Å². The van der Waals surface area contributed by atoms with Gasteiger partial charge in [0.15, 0.2) is 6.61 Å². The van der Waals surface area contributed by atoms with Crippen LogP contribution in [-0.2, 0) is 17.6 Å². The average Bonchev–Trinajstić information content (AvgIpc) is 2.64. The van der Waals surface area contributed by atoms with Crippen LogP contribution in [0.1, 0.15) is 62.6 Å². The number of amides is 1. The van der Waals surface area contributed by atoms with E-state index in [-0.39, 0.29) is 12.5 Å². The number of ether oxygens (including phenoxy) is 1. The number of nitrogens with one attached hydrogen (secondary N) is 2. The second kappa shape index (κ2) is 7.80. The van der Waals surface area contributed by atoms with Crippen molar-refractivity contribution >= 4 is 5.91 Å². The molecule has 2 atom stereocenters. The molecule has 6 heteroatoms. The number of aromatic nitrogens is 2. The van der Waals surface area contributed by atoms with Crippen LogP contribution >= 0.6 is 0 Å². The zero-order chi connectivity index (χ0) is 17.9. The summed E-state index contributed by atoms with van der Waals surface area (Å²) in [4.78, 5) is 30.6. The molecule has 1 heterocycles. The quantitative estimate of drug-likeness (QED) is 0.845. The van der Waals surface area contributed by atoms with Crippen LogP contribution in [0.5, 0.6) is 5.88 Å². The predicted molar refractivity (Wildman–Crippen MR) is 98.2 cm³/mol. The molecule has 3 aliphatic carbocycles. The lowest BCUT2D eigenvalue weighted by atomic mass is 9.68. The molecule has 6 nitrogen and oxygen atoms in total. The van der Waals surface area contributed by atoms with Gasteiger partial charge in [-0.3, -0.25) is 4.79 Å². The molecule has 0 spiro atoms. The van der Waals surface area contributed by atoms with E-state index in [0.29, 0.717) is 11.8 Å². The van der Waals surface area contributed by atoms with Crippen LogP contribution in [0.3, 0.4) is 0 Å². The Kier molecular flexibility index (Phi) is 5.27. The molecule has 4 rings (SSSR count). The first-order valence-corrected chi connectivity index (χ1v) is 10.2. The molecule has 0 aromatic carbocycles. The molecule has 2 N–H and O–H groups in total. The maximum atomic E-state index is 12.2. The van der Waals surface area contributed by atoms with Gasteiger partial charge in [-0.15, -0.1) is 0 Å². The lowest BCUT2D eigenvalue weighted by Gasteiger charge is -2.39. The first-order chi connectivity index (χ1) is 12.7. The van der Waals surface area contributed by atoms with E-state index in [9.17, 15) is 9.59 Å². The SMILES string of the molecule is O=C(COc1nc(=O)[nH]c2c1CCCC2)NCC1CC2CCCC(C2)C1. The molecule has 1 amide bonds. The Morgan fingerprint density at radius 2 is 1.88 bits per heavy atom. The van der Waals surface area contributed by atoms with Gasteiger partial charge in [0.25, 0.3) is 5.91 Å². The van der Waals surface area contributed by atoms with Crippen LogP contribution in [0.25, 0.3) is 0 Å². The first kappa shape index (κ1) is 17.6. The summed E-state index contributed by atoms with van der Waals surface area (Å²) in [6.07, 6.45) is 11.8. The third kappa shape index (κ3) is 4.10. The van der Waals surface area contributed by atoms with E-state index in [1.54, 1.807) is 0 Å². The van der Waals surface area contributed by atoms with Crippen LogP contribution in [-0.4, -0.2) is 29.0 Å². The maximum absolute atomic E-state index is 12.2. The second-order valence-corrected chi connectivity index (χ2v) is 8.34. The molecule has 0 aliphatic heterocycles. The summed E-state index contributed by atoms with van der Waals surface area (Å²) in [6.45, 7) is 0.679. The molecule has 2 unspecified atom stereocenters. The highest BCUT2D eigenvalue weighted by molar-refractivity contribution is 5.77. The highest BCUT2D eigenvalue weighted by Crippen LogP contribution is 2.42. The fourth-order valence-corrected chi connectivity index (χ4v) is 5.19. The van der Waals surface area contributed by atoms with Gasteiger partial charge in [-0.05, 0) is 62.7 Å². The number of fused-ring (bicyclic) bond motifs is 3. The Morgan fingerprint density at radius 3 is 2.69 bits per heavy atom. The van der Waals surface area contributed by atoms with E-state index in [0.717, 1.165) is 55.3 Å². The van der Waals surface area contributed by atoms with Crippen molar-refractivity contribution in [2.45, 2.75) is 64.2 Å². The Labute approximate surface area is 154 Å². The Balaban J connectivity index is 1.28. The molecular formula is C20H29N3O3. The normalized spacial score (nSPS) is 27.5. The summed E-state index contributed by atoms with van der Waals surface area (Å²) in [7, 11) is 0. The molecule has 2 fully saturated rings. The first-order valence-electron chi connectivity index (χ1n) is 10.2. The number of rotatable bonds is 5. The predicted octanol–water partition coefficient (Wildman–Crippen LogP) is 2.36. The van der Waals surface area contributed by atoms with E-state index in [1.165, 1.54) is 38.5 Å². The fraction of sp³-hybridized carbons (Fsp3) is 0.750. The summed E-state index contributed by atoms with van der Waals surface area (Å²) < 4.78 is 5.62. The van der Waals surface area contributed by atoms with Crippen molar-refractivity contribution in [1.82, 2.24) is 15.3 Å². The van der Waals surface area contributed by atoms with E-state index < -0.39 is 5.69 Å². The Morgan fingerprint density at radius 1 is 1.12 bits per heavy atom. The summed E-state index contributed by atoms with van der Waals surface area (Å²) in [6, 6.07) is 0. The number of nitrogens with zero attached hydrogens (tertiary/aromatic N) is 1. The van der Waals surface area contributed by atoms with Crippen LogP contribution < -0.4 is 15.7 Å². The van der Waals surface area contributed by atoms with E-state index in [1.807, 2.05) is 0 Å². The van der Waals surface area contributed by atoms with E-state index in [4.69, 9.17) is 4.74 Å². The Hall–Kier alpha value is -1.85. The second-order valence-electron chi connectivity index (χ2n) is 8.34. The molecule has 0 saturated heterocycles. The topological polar surface area (TPSA) is 84.1 Å². The number of carbonyl (C=O) groups is 1. The van der Waals surface area contributed by atoms with Gasteiger partial charge in [0.1, 0.15) is 0 Å². The number of hydrogen-bond donors (Lipinski definition) is 2. The van der Waals surface area contributed by atoms with Crippen molar-refractivity contribution in [1.29, 1.82) is 0 Å². The van der Waals surface area contributed by atoms with E-state index >= 15 is 0 Å². The monoisotopic (exact) mass is 359 g/mol. The number of aromatic amines is 1. The minimum absolute atomic E-state index is 0.0670. The van der Waals surface area contributed by atoms with Gasteiger partial charge in [0, 0.05) is 17.8 Å². The smallest absolute Gasteiger partial charge is 0.348 e. The molecule has 3 aliphatic rings. The molecular weight excluding hydrogens is 330 g/mol. The van der Waals surface area contributed by atoms with Gasteiger partial charge < -0.3 is 15.0 Å². The fourth-order valence-electron chi connectivity index (χ4n) is 5.19. The molecule has 0 radical (unpaired) electrons. The number of H-pyrrole nitrogens is 1. The zero-order valence-electron chi connectivity index (χ0n) is 15.4. The molecule has 142 valence electrons. The summed E-state index contributed by atoms with van der Waals surface area (Å²) in [5.74, 6) is 2.56. The van der Waals surface area contributed by atoms with Crippen molar-refractivity contribution in [3.05, 3.63) is 21.7 Å². The zero-order valence-corrected chi connectivity index (χ0v) is 15.4. The van der Waals surface area contributed by atoms with Crippen molar-refractivity contribution in [3.8, 4) is 5.88 Å². The summed E-state index contributed by atoms with van der Waals surface area (Å²) in [5.41, 5.74) is 1.49. The minimum Gasteiger partial charge on any atom is -0.467 e. The van der Waals surface area contributed by atoms with Gasteiger partial charge in [-0.2, -0.15) is 4.98 Å². The third-order valence-electron chi connectivity index (χ3n) is 6.34. The highest BCUT2D eigenvalue weighted by atomic mass is 16.5. The van der Waals surface area contributed by atoms with Crippen LogP contribution in [0.4, 0.5) is 0 Å². The molecule has 2 saturated carbocycles. The van der Waals surface area contributed by atoms with Crippen molar-refractivity contribution < 1.29 is 9.53 Å². The average molecular weight is 359 g/mol.